The van der Waals surface area contributed by atoms with Crippen molar-refractivity contribution in [2.24, 2.45) is 0 Å². The molecule has 0 spiro atoms. The Bertz CT molecular complexity index is 1750. The van der Waals surface area contributed by atoms with Crippen LogP contribution < -0.4 is 9.47 Å². The van der Waals surface area contributed by atoms with Crippen LogP contribution in [-0.2, 0) is 24.6 Å². The van der Waals surface area contributed by atoms with Gasteiger partial charge in [0.1, 0.15) is 41.8 Å². The van der Waals surface area contributed by atoms with Crippen molar-refractivity contribution in [2.75, 3.05) is 6.54 Å². The van der Waals surface area contributed by atoms with Crippen LogP contribution >= 0.6 is 27.5 Å². The second-order valence-electron chi connectivity index (χ2n) is 10.5. The molecule has 1 saturated heterocycles. The first-order chi connectivity index (χ1) is 21.0. The summed E-state index contributed by atoms with van der Waals surface area (Å²) in [6.07, 6.45) is 2.45. The minimum atomic E-state index is -0.814. The fourth-order valence-corrected chi connectivity index (χ4v) is 6.24. The molecule has 220 valence electrons. The summed E-state index contributed by atoms with van der Waals surface area (Å²) in [5, 5.41) is 18.0. The molecule has 4 aromatic carbocycles. The van der Waals surface area contributed by atoms with E-state index in [-0.39, 0.29) is 13.2 Å². The first-order valence-electron chi connectivity index (χ1n) is 14.0. The highest BCUT2D eigenvalue weighted by atomic mass is 79.9. The zero-order valence-corrected chi connectivity index (χ0v) is 25.6. The van der Waals surface area contributed by atoms with E-state index in [0.29, 0.717) is 47.1 Å². The van der Waals surface area contributed by atoms with Crippen molar-refractivity contribution in [3.8, 4) is 22.6 Å². The summed E-state index contributed by atoms with van der Waals surface area (Å²) in [6, 6.07) is 24.9. The van der Waals surface area contributed by atoms with E-state index >= 15 is 0 Å². The molecular weight excluding hydrogens is 634 g/mol. The van der Waals surface area contributed by atoms with E-state index in [1.165, 1.54) is 0 Å². The molecule has 0 bridgehead atoms. The minimum absolute atomic E-state index is 0.254. The fourth-order valence-electron chi connectivity index (χ4n) is 5.39. The van der Waals surface area contributed by atoms with Gasteiger partial charge in [-0.25, -0.2) is 4.63 Å². The summed E-state index contributed by atoms with van der Waals surface area (Å²) in [5.41, 5.74) is 6.13. The van der Waals surface area contributed by atoms with Gasteiger partial charge in [0, 0.05) is 28.2 Å². The lowest BCUT2D eigenvalue weighted by Crippen LogP contribution is -2.44. The van der Waals surface area contributed by atoms with E-state index in [2.05, 4.69) is 44.4 Å². The average molecular weight is 663 g/mol. The first-order valence-corrected chi connectivity index (χ1v) is 15.2. The molecule has 1 aliphatic heterocycles. The molecule has 43 heavy (non-hydrogen) atoms. The maximum absolute atomic E-state index is 12.0. The molecule has 1 aliphatic rings. The third kappa shape index (κ3) is 6.69. The van der Waals surface area contributed by atoms with E-state index in [1.54, 1.807) is 6.07 Å². The SMILES string of the molecule is O=C(O)[C@@H]1CCCCN1Cc1cc(Cl)c(OCc2cccc(-c3ccccc3)c2Br)cc1OCc1ccc2nonc2c1. The van der Waals surface area contributed by atoms with Gasteiger partial charge in [-0.1, -0.05) is 72.6 Å². The van der Waals surface area contributed by atoms with Gasteiger partial charge >= 0.3 is 5.97 Å². The molecule has 0 amide bonds. The van der Waals surface area contributed by atoms with E-state index < -0.39 is 12.0 Å². The van der Waals surface area contributed by atoms with Gasteiger partial charge in [0.25, 0.3) is 0 Å². The zero-order chi connectivity index (χ0) is 29.8. The fraction of sp³-hybridized carbons (Fsp3) is 0.242. The number of piperidine rings is 1. The molecule has 6 rings (SSSR count). The number of rotatable bonds is 10. The highest BCUT2D eigenvalue weighted by Crippen LogP contribution is 2.37. The molecule has 2 heterocycles. The second kappa shape index (κ2) is 13.2. The predicted octanol–water partition coefficient (Wildman–Crippen LogP) is 7.90. The van der Waals surface area contributed by atoms with Crippen molar-refractivity contribution >= 4 is 44.5 Å². The van der Waals surface area contributed by atoms with Crippen LogP contribution in [0.2, 0.25) is 5.02 Å². The smallest absolute Gasteiger partial charge is 0.320 e. The van der Waals surface area contributed by atoms with Crippen LogP contribution in [0.25, 0.3) is 22.2 Å². The Balaban J connectivity index is 1.27. The van der Waals surface area contributed by atoms with Gasteiger partial charge < -0.3 is 14.6 Å². The van der Waals surface area contributed by atoms with Crippen molar-refractivity contribution in [1.29, 1.82) is 0 Å². The number of nitrogens with zero attached hydrogens (tertiary/aromatic N) is 3. The minimum Gasteiger partial charge on any atom is -0.488 e. The molecule has 5 aromatic rings. The van der Waals surface area contributed by atoms with Gasteiger partial charge in [0.15, 0.2) is 0 Å². The van der Waals surface area contributed by atoms with Crippen molar-refractivity contribution in [1.82, 2.24) is 15.2 Å². The highest BCUT2D eigenvalue weighted by Gasteiger charge is 2.29. The van der Waals surface area contributed by atoms with Crippen molar-refractivity contribution in [3.63, 3.8) is 0 Å². The van der Waals surface area contributed by atoms with Gasteiger partial charge in [-0.05, 0) is 80.5 Å². The Labute approximate surface area is 262 Å². The molecule has 0 unspecified atom stereocenters. The van der Waals surface area contributed by atoms with Crippen LogP contribution in [0.1, 0.15) is 36.0 Å². The van der Waals surface area contributed by atoms with Gasteiger partial charge in [-0.3, -0.25) is 9.69 Å². The Hall–Kier alpha value is -3.92. The van der Waals surface area contributed by atoms with Crippen molar-refractivity contribution < 1.29 is 24.0 Å². The summed E-state index contributed by atoms with van der Waals surface area (Å²) in [5.74, 6) is 0.234. The maximum Gasteiger partial charge on any atom is 0.320 e. The molecular formula is C33H29BrClN3O5. The van der Waals surface area contributed by atoms with Crippen LogP contribution in [0.15, 0.2) is 88.0 Å². The molecule has 0 saturated carbocycles. The Morgan fingerprint density at radius 2 is 1.74 bits per heavy atom. The number of carboxylic acid groups (broad SMARTS) is 1. The molecule has 0 radical (unpaired) electrons. The van der Waals surface area contributed by atoms with E-state index in [4.69, 9.17) is 25.7 Å². The molecule has 1 fully saturated rings. The van der Waals surface area contributed by atoms with E-state index in [9.17, 15) is 9.90 Å². The van der Waals surface area contributed by atoms with E-state index in [1.807, 2.05) is 59.5 Å². The van der Waals surface area contributed by atoms with Crippen LogP contribution in [0.5, 0.6) is 11.5 Å². The quantitative estimate of drug-likeness (QED) is 0.161. The summed E-state index contributed by atoms with van der Waals surface area (Å²) in [7, 11) is 0. The standard InChI is InChI=1S/C33H29BrClN3O5/c34-32-23(9-6-10-25(32)22-7-2-1-3-8-22)20-42-31-17-30(41-19-21-12-13-27-28(15-21)37-43-36-27)24(16-26(31)35)18-38-14-5-4-11-29(38)33(39)40/h1-3,6-10,12-13,15-17,29H,4-5,11,14,18-20H2,(H,39,40)/t29-/m0/s1. The number of carboxylic acids is 1. The van der Waals surface area contributed by atoms with Crippen LogP contribution in [0.4, 0.5) is 0 Å². The first kappa shape index (κ1) is 29.2. The Kier molecular flexibility index (Phi) is 8.92. The largest absolute Gasteiger partial charge is 0.488 e. The Morgan fingerprint density at radius 3 is 2.58 bits per heavy atom. The number of benzene rings is 4. The number of ether oxygens (including phenoxy) is 2. The van der Waals surface area contributed by atoms with Crippen LogP contribution in [0, 0.1) is 0 Å². The lowest BCUT2D eigenvalue weighted by Gasteiger charge is -2.33. The van der Waals surface area contributed by atoms with Crippen molar-refractivity contribution in [3.05, 3.63) is 105 Å². The summed E-state index contributed by atoms with van der Waals surface area (Å²) >= 11 is 10.5. The second-order valence-corrected chi connectivity index (χ2v) is 11.7. The number of likely N-dealkylation sites (tertiary alicyclic amines) is 1. The highest BCUT2D eigenvalue weighted by molar-refractivity contribution is 9.10. The molecule has 8 nitrogen and oxygen atoms in total. The Morgan fingerprint density at radius 1 is 0.930 bits per heavy atom. The topological polar surface area (TPSA) is 97.9 Å². The lowest BCUT2D eigenvalue weighted by atomic mass is 10.0. The number of aliphatic carboxylic acids is 1. The third-order valence-electron chi connectivity index (χ3n) is 7.65. The monoisotopic (exact) mass is 661 g/mol. The van der Waals surface area contributed by atoms with E-state index in [0.717, 1.165) is 45.1 Å². The molecule has 1 N–H and O–H groups in total. The summed E-state index contributed by atoms with van der Waals surface area (Å²) < 4.78 is 18.4. The summed E-state index contributed by atoms with van der Waals surface area (Å²) in [4.78, 5) is 14.0. The predicted molar refractivity (Wildman–Crippen MR) is 167 cm³/mol. The molecule has 1 atom stereocenters. The van der Waals surface area contributed by atoms with Crippen LogP contribution in [-0.4, -0.2) is 38.9 Å². The summed E-state index contributed by atoms with van der Waals surface area (Å²) in [6.45, 7) is 1.61. The molecule has 10 heteroatoms. The lowest BCUT2D eigenvalue weighted by molar-refractivity contribution is -0.144. The number of hydrogen-bond acceptors (Lipinski definition) is 7. The van der Waals surface area contributed by atoms with Crippen molar-refractivity contribution in [2.45, 2.75) is 45.1 Å². The van der Waals surface area contributed by atoms with Gasteiger partial charge in [0.05, 0.1) is 5.02 Å². The average Bonchev–Trinajstić information content (AvgIpc) is 3.49. The maximum atomic E-state index is 12.0. The van der Waals surface area contributed by atoms with Gasteiger partial charge in [-0.15, -0.1) is 0 Å². The van der Waals surface area contributed by atoms with Gasteiger partial charge in [-0.2, -0.15) is 0 Å². The third-order valence-corrected chi connectivity index (χ3v) is 8.88. The van der Waals surface area contributed by atoms with Gasteiger partial charge in [0.2, 0.25) is 0 Å². The zero-order valence-electron chi connectivity index (χ0n) is 23.2. The number of fused-ring (bicyclic) bond motifs is 1. The number of hydrogen-bond donors (Lipinski definition) is 1. The molecule has 0 aliphatic carbocycles. The normalized spacial score (nSPS) is 15.4. The number of halogens is 2. The number of carbonyl (C=O) groups is 1. The van der Waals surface area contributed by atoms with Crippen LogP contribution in [0.3, 0.4) is 0 Å². The number of aromatic nitrogens is 2. The molecule has 1 aromatic heterocycles.